The van der Waals surface area contributed by atoms with Crippen LogP contribution in [-0.2, 0) is 14.4 Å². The second-order valence-corrected chi connectivity index (χ2v) is 4.38. The van der Waals surface area contributed by atoms with Gasteiger partial charge in [0.15, 0.2) is 0 Å². The normalized spacial score (nSPS) is 25.3. The molecule has 0 bridgehead atoms. The molecule has 0 saturated carbocycles. The molecule has 0 aliphatic carbocycles. The molecule has 0 spiro atoms. The summed E-state index contributed by atoms with van der Waals surface area (Å²) < 4.78 is 4.85. The van der Waals surface area contributed by atoms with E-state index >= 15 is 0 Å². The highest BCUT2D eigenvalue weighted by molar-refractivity contribution is 5.86. The molecule has 1 saturated heterocycles. The van der Waals surface area contributed by atoms with Crippen LogP contribution in [0.1, 0.15) is 27.2 Å². The number of hydrazine groups is 1. The quantitative estimate of drug-likeness (QED) is 0.777. The van der Waals surface area contributed by atoms with Gasteiger partial charge in [-0.3, -0.25) is 5.73 Å². The van der Waals surface area contributed by atoms with Gasteiger partial charge in [0.05, 0.1) is 6.61 Å². The van der Waals surface area contributed by atoms with Crippen LogP contribution in [0, 0.1) is 5.92 Å². The first-order valence-electron chi connectivity index (χ1n) is 5.54. The molecule has 0 aromatic rings. The van der Waals surface area contributed by atoms with Gasteiger partial charge in [-0.25, -0.2) is 9.59 Å². The molecule has 0 aromatic heterocycles. The second kappa shape index (κ2) is 4.89. The molecule has 1 rings (SSSR count). The molecule has 1 aliphatic heterocycles. The summed E-state index contributed by atoms with van der Waals surface area (Å²) in [7, 11) is 1.43. The van der Waals surface area contributed by atoms with Gasteiger partial charge < -0.3 is 9.57 Å². The third kappa shape index (κ3) is 2.50. The van der Waals surface area contributed by atoms with E-state index in [1.165, 1.54) is 7.05 Å². The van der Waals surface area contributed by atoms with E-state index in [1.807, 2.05) is 13.8 Å². The molecule has 1 amide bonds. The maximum absolute atomic E-state index is 11.7. The fourth-order valence-electron chi connectivity index (χ4n) is 1.83. The third-order valence-corrected chi connectivity index (χ3v) is 2.39. The van der Waals surface area contributed by atoms with E-state index in [2.05, 4.69) is 0 Å². The molecule has 7 heteroatoms. The van der Waals surface area contributed by atoms with Gasteiger partial charge in [-0.05, 0) is 24.4 Å². The second-order valence-electron chi connectivity index (χ2n) is 4.38. The summed E-state index contributed by atoms with van der Waals surface area (Å²) in [6.07, 6.45) is -0.390. The lowest BCUT2D eigenvalue weighted by Crippen LogP contribution is -2.61. The van der Waals surface area contributed by atoms with Gasteiger partial charge in [-0.1, -0.05) is 13.8 Å². The van der Waals surface area contributed by atoms with Crippen LogP contribution in [-0.4, -0.2) is 41.6 Å². The molecule has 1 atom stereocenters. The zero-order valence-electron chi connectivity index (χ0n) is 10.6. The fraction of sp³-hybridized carbons (Fsp3) is 0.800. The number of hydrogen-bond acceptors (Lipinski definition) is 6. The molecule has 1 heterocycles. The van der Waals surface area contributed by atoms with Crippen molar-refractivity contribution in [1.82, 2.24) is 10.2 Å². The Bertz CT molecular complexity index is 321. The van der Waals surface area contributed by atoms with Crippen LogP contribution in [0.25, 0.3) is 0 Å². The van der Waals surface area contributed by atoms with Crippen molar-refractivity contribution in [3.8, 4) is 0 Å². The predicted molar refractivity (Wildman–Crippen MR) is 59.1 cm³/mol. The lowest BCUT2D eigenvalue weighted by atomic mass is 9.98. The number of hydroxylamine groups is 1. The molecule has 7 nitrogen and oxygen atoms in total. The standard InChI is InChI=1S/C10H19N3O4/c1-5-16-9(15)13-10(11,6-7(2)3)8(14)17-12(13)4/h7H,5-6,11H2,1-4H3. The molecule has 1 aliphatic rings. The van der Waals surface area contributed by atoms with E-state index in [9.17, 15) is 9.59 Å². The number of carbonyl (C=O) groups is 2. The molecule has 0 radical (unpaired) electrons. The molecular weight excluding hydrogens is 226 g/mol. The van der Waals surface area contributed by atoms with Crippen LogP contribution in [0.3, 0.4) is 0 Å². The topological polar surface area (TPSA) is 85.1 Å². The maximum atomic E-state index is 11.7. The van der Waals surface area contributed by atoms with Gasteiger partial charge in [0, 0.05) is 7.05 Å². The Balaban J connectivity index is 2.97. The van der Waals surface area contributed by atoms with E-state index in [0.29, 0.717) is 6.42 Å². The largest absolute Gasteiger partial charge is 0.449 e. The predicted octanol–water partition coefficient (Wildman–Crippen LogP) is 0.465. The summed E-state index contributed by atoms with van der Waals surface area (Å²) in [4.78, 5) is 28.3. The molecular formula is C10H19N3O4. The number of rotatable bonds is 3. The summed E-state index contributed by atoms with van der Waals surface area (Å²) >= 11 is 0. The minimum atomic E-state index is -1.49. The molecule has 1 unspecified atom stereocenters. The monoisotopic (exact) mass is 245 g/mol. The first-order valence-corrected chi connectivity index (χ1v) is 5.54. The average molecular weight is 245 g/mol. The zero-order valence-corrected chi connectivity index (χ0v) is 10.6. The SMILES string of the molecule is CCOC(=O)N1N(C)OC(=O)C1(N)CC(C)C. The van der Waals surface area contributed by atoms with E-state index in [-0.39, 0.29) is 12.5 Å². The van der Waals surface area contributed by atoms with Gasteiger partial charge in [0.1, 0.15) is 0 Å². The summed E-state index contributed by atoms with van der Waals surface area (Å²) in [5.41, 5.74) is 4.49. The number of nitrogens with zero attached hydrogens (tertiary/aromatic N) is 2. The van der Waals surface area contributed by atoms with Crippen molar-refractivity contribution in [3.63, 3.8) is 0 Å². The zero-order chi connectivity index (χ0) is 13.2. The lowest BCUT2D eigenvalue weighted by molar-refractivity contribution is -0.199. The number of hydrogen-bond donors (Lipinski definition) is 1. The molecule has 2 N–H and O–H groups in total. The van der Waals surface area contributed by atoms with Gasteiger partial charge in [-0.2, -0.15) is 5.01 Å². The Morgan fingerprint density at radius 3 is 2.65 bits per heavy atom. The van der Waals surface area contributed by atoms with Crippen molar-refractivity contribution in [1.29, 1.82) is 0 Å². The highest BCUT2D eigenvalue weighted by Gasteiger charge is 2.55. The van der Waals surface area contributed by atoms with Crippen molar-refractivity contribution in [2.45, 2.75) is 32.9 Å². The first-order chi connectivity index (χ1) is 7.82. The lowest BCUT2D eigenvalue weighted by Gasteiger charge is -2.31. The number of nitrogens with two attached hydrogens (primary N) is 1. The first kappa shape index (κ1) is 13.7. The Morgan fingerprint density at radius 1 is 1.59 bits per heavy atom. The Labute approximate surface area is 100 Å². The fourth-order valence-corrected chi connectivity index (χ4v) is 1.83. The Kier molecular flexibility index (Phi) is 3.94. The molecule has 0 aromatic carbocycles. The van der Waals surface area contributed by atoms with E-state index in [1.54, 1.807) is 6.92 Å². The maximum Gasteiger partial charge on any atom is 0.429 e. The smallest absolute Gasteiger partial charge is 0.429 e. The number of carbonyl (C=O) groups excluding carboxylic acids is 2. The van der Waals surface area contributed by atoms with Crippen LogP contribution in [0.2, 0.25) is 0 Å². The van der Waals surface area contributed by atoms with E-state index in [4.69, 9.17) is 15.3 Å². The van der Waals surface area contributed by atoms with Crippen molar-refractivity contribution in [3.05, 3.63) is 0 Å². The van der Waals surface area contributed by atoms with Gasteiger partial charge in [0.25, 0.3) is 0 Å². The molecule has 1 fully saturated rings. The Hall–Kier alpha value is -1.34. The number of amides is 1. The van der Waals surface area contributed by atoms with Crippen molar-refractivity contribution >= 4 is 12.1 Å². The summed E-state index contributed by atoms with van der Waals surface area (Å²) in [6, 6.07) is 0. The van der Waals surface area contributed by atoms with Crippen LogP contribution in [0.15, 0.2) is 0 Å². The van der Waals surface area contributed by atoms with E-state index < -0.39 is 17.7 Å². The third-order valence-electron chi connectivity index (χ3n) is 2.39. The van der Waals surface area contributed by atoms with Crippen molar-refractivity contribution in [2.75, 3.05) is 13.7 Å². The number of ether oxygens (including phenoxy) is 1. The van der Waals surface area contributed by atoms with Gasteiger partial charge in [0.2, 0.25) is 5.66 Å². The minimum Gasteiger partial charge on any atom is -0.449 e. The summed E-state index contributed by atoms with van der Waals surface area (Å²) in [5, 5.41) is 2.03. The average Bonchev–Trinajstić information content (AvgIpc) is 2.36. The van der Waals surface area contributed by atoms with Crippen LogP contribution in [0.4, 0.5) is 4.79 Å². The minimum absolute atomic E-state index is 0.135. The Morgan fingerprint density at radius 2 is 2.18 bits per heavy atom. The van der Waals surface area contributed by atoms with Gasteiger partial charge in [-0.15, -0.1) is 0 Å². The van der Waals surface area contributed by atoms with Crippen LogP contribution in [0.5, 0.6) is 0 Å². The summed E-state index contributed by atoms with van der Waals surface area (Å²) in [6.45, 7) is 5.69. The van der Waals surface area contributed by atoms with Gasteiger partial charge >= 0.3 is 12.1 Å². The molecule has 17 heavy (non-hydrogen) atoms. The summed E-state index contributed by atoms with van der Waals surface area (Å²) in [5.74, 6) is -0.516. The van der Waals surface area contributed by atoms with E-state index in [0.717, 1.165) is 10.2 Å². The van der Waals surface area contributed by atoms with Crippen molar-refractivity contribution in [2.24, 2.45) is 11.7 Å². The van der Waals surface area contributed by atoms with Crippen LogP contribution < -0.4 is 5.73 Å². The van der Waals surface area contributed by atoms with Crippen LogP contribution >= 0.6 is 0 Å². The van der Waals surface area contributed by atoms with Crippen molar-refractivity contribution < 1.29 is 19.2 Å². The highest BCUT2D eigenvalue weighted by atomic mass is 16.8. The highest BCUT2D eigenvalue weighted by Crippen LogP contribution is 2.28. The molecule has 98 valence electrons.